The first kappa shape index (κ1) is 16.1. The Morgan fingerprint density at radius 2 is 1.73 bits per heavy atom. The average Bonchev–Trinajstić information content (AvgIpc) is 2.41. The second-order valence-corrected chi connectivity index (χ2v) is 4.56. The monoisotopic (exact) mass is 333 g/mol. The van der Waals surface area contributed by atoms with Gasteiger partial charge in [-0.2, -0.15) is 0 Å². The highest BCUT2D eigenvalue weighted by Gasteiger charge is 2.31. The molecule has 0 saturated heterocycles. The van der Waals surface area contributed by atoms with Crippen molar-refractivity contribution in [3.8, 4) is 5.75 Å². The number of anilines is 1. The molecular formula is C14H8ClF4NO2. The molecule has 0 atom stereocenters. The van der Waals surface area contributed by atoms with Crippen molar-refractivity contribution in [3.63, 3.8) is 0 Å². The molecule has 0 aromatic heterocycles. The predicted octanol–water partition coefficient (Wildman–Crippen LogP) is 4.63. The van der Waals surface area contributed by atoms with E-state index in [4.69, 9.17) is 11.6 Å². The van der Waals surface area contributed by atoms with Crippen LogP contribution in [-0.4, -0.2) is 12.3 Å². The number of rotatable bonds is 3. The summed E-state index contributed by atoms with van der Waals surface area (Å²) in [4.78, 5) is 11.9. The highest BCUT2D eigenvalue weighted by atomic mass is 35.5. The first-order chi connectivity index (χ1) is 10.2. The van der Waals surface area contributed by atoms with E-state index < -0.39 is 23.8 Å². The molecule has 116 valence electrons. The van der Waals surface area contributed by atoms with Gasteiger partial charge in [0.1, 0.15) is 11.6 Å². The molecule has 0 bridgehead atoms. The van der Waals surface area contributed by atoms with E-state index >= 15 is 0 Å². The van der Waals surface area contributed by atoms with Crippen LogP contribution in [0.4, 0.5) is 23.2 Å². The van der Waals surface area contributed by atoms with Gasteiger partial charge in [0.2, 0.25) is 0 Å². The first-order valence-corrected chi connectivity index (χ1v) is 6.24. The molecule has 2 aromatic carbocycles. The fourth-order valence-electron chi connectivity index (χ4n) is 1.59. The molecule has 0 aliphatic rings. The molecular weight excluding hydrogens is 326 g/mol. The quantitative estimate of drug-likeness (QED) is 0.832. The van der Waals surface area contributed by atoms with Crippen LogP contribution in [0.5, 0.6) is 5.75 Å². The second-order valence-electron chi connectivity index (χ2n) is 4.15. The largest absolute Gasteiger partial charge is 0.573 e. The van der Waals surface area contributed by atoms with E-state index in [0.717, 1.165) is 36.4 Å². The number of nitrogens with one attached hydrogen (secondary N) is 1. The van der Waals surface area contributed by atoms with Crippen molar-refractivity contribution < 1.29 is 27.1 Å². The third-order valence-corrected chi connectivity index (χ3v) is 2.84. The van der Waals surface area contributed by atoms with Gasteiger partial charge in [-0.25, -0.2) is 4.39 Å². The van der Waals surface area contributed by atoms with Gasteiger partial charge in [0.05, 0.1) is 10.7 Å². The van der Waals surface area contributed by atoms with Crippen molar-refractivity contribution in [2.24, 2.45) is 0 Å². The number of ether oxygens (including phenoxy) is 1. The summed E-state index contributed by atoms with van der Waals surface area (Å²) < 4.78 is 52.6. The summed E-state index contributed by atoms with van der Waals surface area (Å²) in [6.45, 7) is 0. The number of amides is 1. The summed E-state index contributed by atoms with van der Waals surface area (Å²) in [5.74, 6) is -1.60. The molecule has 8 heteroatoms. The number of carbonyl (C=O) groups is 1. The zero-order valence-corrected chi connectivity index (χ0v) is 11.5. The van der Waals surface area contributed by atoms with Gasteiger partial charge in [0, 0.05) is 5.56 Å². The van der Waals surface area contributed by atoms with E-state index in [1.54, 1.807) is 0 Å². The zero-order valence-electron chi connectivity index (χ0n) is 10.7. The Morgan fingerprint density at radius 1 is 1.09 bits per heavy atom. The number of carbonyl (C=O) groups excluding carboxylic acids is 1. The molecule has 0 spiro atoms. The van der Waals surface area contributed by atoms with E-state index in [0.29, 0.717) is 0 Å². The minimum absolute atomic E-state index is 0.00498. The van der Waals surface area contributed by atoms with Gasteiger partial charge in [0.25, 0.3) is 5.91 Å². The Balaban J connectivity index is 2.10. The number of halogens is 5. The SMILES string of the molecule is O=C(Nc1ccc(F)cc1Cl)c1ccc(OC(F)(F)F)cc1. The molecule has 3 nitrogen and oxygen atoms in total. The Kier molecular flexibility index (Phi) is 4.56. The predicted molar refractivity (Wildman–Crippen MR) is 72.5 cm³/mol. The highest BCUT2D eigenvalue weighted by molar-refractivity contribution is 6.33. The Morgan fingerprint density at radius 3 is 2.27 bits per heavy atom. The number of hydrogen-bond acceptors (Lipinski definition) is 2. The van der Waals surface area contributed by atoms with E-state index in [9.17, 15) is 22.4 Å². The standard InChI is InChI=1S/C14H8ClF4NO2/c15-11-7-9(16)3-6-12(11)20-13(21)8-1-4-10(5-2-8)22-14(17,18)19/h1-7H,(H,20,21). The summed E-state index contributed by atoms with van der Waals surface area (Å²) in [5.41, 5.74) is 0.276. The van der Waals surface area contributed by atoms with Gasteiger partial charge in [0.15, 0.2) is 0 Å². The fraction of sp³-hybridized carbons (Fsp3) is 0.0714. The molecule has 0 aliphatic carbocycles. The minimum Gasteiger partial charge on any atom is -0.406 e. The van der Waals surface area contributed by atoms with Gasteiger partial charge in [-0.15, -0.1) is 13.2 Å². The smallest absolute Gasteiger partial charge is 0.406 e. The molecule has 0 fully saturated rings. The van der Waals surface area contributed by atoms with E-state index in [1.165, 1.54) is 6.07 Å². The minimum atomic E-state index is -4.80. The van der Waals surface area contributed by atoms with Crippen molar-refractivity contribution in [2.45, 2.75) is 6.36 Å². The Bertz CT molecular complexity index is 686. The van der Waals surface area contributed by atoms with Crippen LogP contribution < -0.4 is 10.1 Å². The van der Waals surface area contributed by atoms with E-state index in [-0.39, 0.29) is 16.3 Å². The van der Waals surface area contributed by atoms with Gasteiger partial charge in [-0.05, 0) is 42.5 Å². The van der Waals surface area contributed by atoms with Crippen LogP contribution in [0.3, 0.4) is 0 Å². The van der Waals surface area contributed by atoms with E-state index in [2.05, 4.69) is 10.1 Å². The van der Waals surface area contributed by atoms with Gasteiger partial charge in [-0.1, -0.05) is 11.6 Å². The summed E-state index contributed by atoms with van der Waals surface area (Å²) in [6.07, 6.45) is -4.80. The van der Waals surface area contributed by atoms with Crippen LogP contribution in [0.25, 0.3) is 0 Å². The lowest BCUT2D eigenvalue weighted by Crippen LogP contribution is -2.17. The lowest BCUT2D eigenvalue weighted by Gasteiger charge is -2.10. The number of hydrogen-bond donors (Lipinski definition) is 1. The molecule has 2 rings (SSSR count). The highest BCUT2D eigenvalue weighted by Crippen LogP contribution is 2.25. The maximum Gasteiger partial charge on any atom is 0.573 e. The second kappa shape index (κ2) is 6.23. The third kappa shape index (κ3) is 4.36. The number of benzene rings is 2. The Labute approximate surface area is 127 Å². The molecule has 0 heterocycles. The molecule has 1 amide bonds. The topological polar surface area (TPSA) is 38.3 Å². The molecule has 2 aromatic rings. The molecule has 0 aliphatic heterocycles. The van der Waals surface area contributed by atoms with Crippen molar-refractivity contribution >= 4 is 23.2 Å². The number of alkyl halides is 3. The van der Waals surface area contributed by atoms with Crippen LogP contribution in [0.2, 0.25) is 5.02 Å². The lowest BCUT2D eigenvalue weighted by atomic mass is 10.2. The maximum atomic E-state index is 12.9. The van der Waals surface area contributed by atoms with Gasteiger partial charge < -0.3 is 10.1 Å². The average molecular weight is 334 g/mol. The summed E-state index contributed by atoms with van der Waals surface area (Å²) >= 11 is 5.76. The lowest BCUT2D eigenvalue weighted by molar-refractivity contribution is -0.274. The molecule has 1 N–H and O–H groups in total. The maximum absolute atomic E-state index is 12.9. The Hall–Kier alpha value is -2.28. The third-order valence-electron chi connectivity index (χ3n) is 2.53. The summed E-state index contributed by atoms with van der Waals surface area (Å²) in [6, 6.07) is 7.75. The van der Waals surface area contributed by atoms with Crippen molar-refractivity contribution in [1.82, 2.24) is 0 Å². The molecule has 0 unspecified atom stereocenters. The van der Waals surface area contributed by atoms with Crippen LogP contribution in [0.15, 0.2) is 42.5 Å². The van der Waals surface area contributed by atoms with Crippen LogP contribution in [0, 0.1) is 5.82 Å². The first-order valence-electron chi connectivity index (χ1n) is 5.87. The van der Waals surface area contributed by atoms with Crippen molar-refractivity contribution in [3.05, 3.63) is 58.9 Å². The van der Waals surface area contributed by atoms with Crippen LogP contribution in [0.1, 0.15) is 10.4 Å². The van der Waals surface area contributed by atoms with Crippen LogP contribution >= 0.6 is 11.6 Å². The molecule has 22 heavy (non-hydrogen) atoms. The summed E-state index contributed by atoms with van der Waals surface area (Å²) in [7, 11) is 0. The van der Waals surface area contributed by atoms with Crippen LogP contribution in [-0.2, 0) is 0 Å². The van der Waals surface area contributed by atoms with Gasteiger partial charge in [-0.3, -0.25) is 4.79 Å². The van der Waals surface area contributed by atoms with Crippen molar-refractivity contribution in [1.29, 1.82) is 0 Å². The summed E-state index contributed by atoms with van der Waals surface area (Å²) in [5, 5.41) is 2.43. The van der Waals surface area contributed by atoms with E-state index in [1.807, 2.05) is 0 Å². The molecule has 0 radical (unpaired) electrons. The normalized spacial score (nSPS) is 11.1. The molecule has 0 saturated carbocycles. The van der Waals surface area contributed by atoms with Gasteiger partial charge >= 0.3 is 6.36 Å². The van der Waals surface area contributed by atoms with Crippen molar-refractivity contribution in [2.75, 3.05) is 5.32 Å². The fourth-order valence-corrected chi connectivity index (χ4v) is 1.81. The zero-order chi connectivity index (χ0) is 16.3.